The standard InChI is InChI=1S/C18H36O2.C4H10N2O/c1-2-3-4-5-6-7-8-9-10-11-12-13-14-15-16-17-18(19)20;1-6(2)3-4(5)7/h2-17H2,1H3,(H,19,20);3H2,1-2H3,(H2,5,7). The number of hydrogen-bond donors (Lipinski definition) is 2. The fourth-order valence-corrected chi connectivity index (χ4v) is 2.96. The first-order chi connectivity index (χ1) is 12.9. The van der Waals surface area contributed by atoms with Gasteiger partial charge in [0.05, 0.1) is 6.54 Å². The van der Waals surface area contributed by atoms with Crippen LogP contribution >= 0.6 is 0 Å². The molecule has 0 aromatic heterocycles. The third-order valence-electron chi connectivity index (χ3n) is 4.47. The summed E-state index contributed by atoms with van der Waals surface area (Å²) < 4.78 is 0. The number of aliphatic carboxylic acids is 1. The Balaban J connectivity index is 0. The average molecular weight is 387 g/mol. The molecule has 0 spiro atoms. The second-order valence-electron chi connectivity index (χ2n) is 7.80. The number of nitrogens with two attached hydrogens (primary N) is 1. The molecule has 0 fully saturated rings. The number of hydrogen-bond acceptors (Lipinski definition) is 3. The second kappa shape index (κ2) is 22.9. The molecule has 5 heteroatoms. The molecule has 0 aliphatic rings. The molecule has 3 N–H and O–H groups in total. The molecular formula is C22H46N2O3. The van der Waals surface area contributed by atoms with Gasteiger partial charge in [-0.3, -0.25) is 9.59 Å². The highest BCUT2D eigenvalue weighted by molar-refractivity contribution is 5.75. The monoisotopic (exact) mass is 386 g/mol. The van der Waals surface area contributed by atoms with Crippen LogP contribution in [0, 0.1) is 0 Å². The van der Waals surface area contributed by atoms with Gasteiger partial charge in [-0.2, -0.15) is 0 Å². The van der Waals surface area contributed by atoms with Crippen molar-refractivity contribution in [1.29, 1.82) is 0 Å². The van der Waals surface area contributed by atoms with Crippen molar-refractivity contribution >= 4 is 11.9 Å². The molecule has 0 unspecified atom stereocenters. The van der Waals surface area contributed by atoms with E-state index < -0.39 is 5.97 Å². The predicted octanol–water partition coefficient (Wildman–Crippen LogP) is 5.37. The van der Waals surface area contributed by atoms with E-state index in [-0.39, 0.29) is 5.91 Å². The fourth-order valence-electron chi connectivity index (χ4n) is 2.96. The number of amides is 1. The van der Waals surface area contributed by atoms with E-state index >= 15 is 0 Å². The molecule has 0 aliphatic carbocycles. The van der Waals surface area contributed by atoms with Crippen molar-refractivity contribution in [2.45, 2.75) is 110 Å². The van der Waals surface area contributed by atoms with Crippen LogP contribution in [0.3, 0.4) is 0 Å². The first-order valence-corrected chi connectivity index (χ1v) is 11.0. The Morgan fingerprint density at radius 2 is 1.04 bits per heavy atom. The molecule has 27 heavy (non-hydrogen) atoms. The topological polar surface area (TPSA) is 83.6 Å². The van der Waals surface area contributed by atoms with Gasteiger partial charge in [0.15, 0.2) is 0 Å². The van der Waals surface area contributed by atoms with Crippen LogP contribution in [0.2, 0.25) is 0 Å². The second-order valence-corrected chi connectivity index (χ2v) is 7.80. The van der Waals surface area contributed by atoms with Gasteiger partial charge in [-0.15, -0.1) is 0 Å². The number of carboxylic acid groups (broad SMARTS) is 1. The summed E-state index contributed by atoms with van der Waals surface area (Å²) in [5, 5.41) is 8.52. The minimum Gasteiger partial charge on any atom is -0.481 e. The van der Waals surface area contributed by atoms with Crippen LogP contribution in [0.15, 0.2) is 0 Å². The van der Waals surface area contributed by atoms with Crippen LogP contribution in [0.1, 0.15) is 110 Å². The van der Waals surface area contributed by atoms with Gasteiger partial charge in [0.25, 0.3) is 0 Å². The molecule has 0 saturated carbocycles. The van der Waals surface area contributed by atoms with Crippen molar-refractivity contribution in [3.63, 3.8) is 0 Å². The van der Waals surface area contributed by atoms with E-state index in [1.54, 1.807) is 19.0 Å². The molecule has 0 heterocycles. The third kappa shape index (κ3) is 33.0. The molecule has 0 aromatic rings. The summed E-state index contributed by atoms with van der Waals surface area (Å²) in [6.07, 6.45) is 20.2. The molecular weight excluding hydrogens is 340 g/mol. The van der Waals surface area contributed by atoms with Gasteiger partial charge >= 0.3 is 5.97 Å². The highest BCUT2D eigenvalue weighted by atomic mass is 16.4. The van der Waals surface area contributed by atoms with E-state index in [2.05, 4.69) is 6.92 Å². The van der Waals surface area contributed by atoms with Crippen LogP contribution in [-0.4, -0.2) is 42.5 Å². The molecule has 5 nitrogen and oxygen atoms in total. The lowest BCUT2D eigenvalue weighted by Crippen LogP contribution is -2.27. The quantitative estimate of drug-likeness (QED) is 0.310. The number of carboxylic acids is 1. The van der Waals surface area contributed by atoms with Crippen LogP contribution in [0.4, 0.5) is 0 Å². The maximum atomic E-state index is 10.3. The first kappa shape index (κ1) is 28.1. The highest BCUT2D eigenvalue weighted by Gasteiger charge is 1.97. The van der Waals surface area contributed by atoms with Crippen LogP contribution < -0.4 is 5.73 Å². The van der Waals surface area contributed by atoms with E-state index in [1.165, 1.54) is 83.5 Å². The molecule has 0 bridgehead atoms. The SMILES string of the molecule is CCCCCCCCCCCCCCCCCC(=O)O.CN(C)CC(N)=O. The third-order valence-corrected chi connectivity index (χ3v) is 4.47. The molecule has 0 radical (unpaired) electrons. The molecule has 0 saturated heterocycles. The Kier molecular flexibility index (Phi) is 23.9. The summed E-state index contributed by atoms with van der Waals surface area (Å²) in [6.45, 7) is 2.60. The van der Waals surface area contributed by atoms with Crippen molar-refractivity contribution in [2.24, 2.45) is 5.73 Å². The summed E-state index contributed by atoms with van der Waals surface area (Å²) in [5.74, 6) is -0.940. The minimum atomic E-state index is -0.653. The summed E-state index contributed by atoms with van der Waals surface area (Å²) in [7, 11) is 3.59. The van der Waals surface area contributed by atoms with Crippen molar-refractivity contribution in [3.8, 4) is 0 Å². The van der Waals surface area contributed by atoms with Gasteiger partial charge < -0.3 is 15.7 Å². The zero-order valence-corrected chi connectivity index (χ0v) is 18.3. The van der Waals surface area contributed by atoms with Crippen molar-refractivity contribution in [1.82, 2.24) is 4.90 Å². The maximum absolute atomic E-state index is 10.3. The summed E-state index contributed by atoms with van der Waals surface area (Å²) in [4.78, 5) is 22.0. The van der Waals surface area contributed by atoms with Crippen LogP contribution in [0.5, 0.6) is 0 Å². The van der Waals surface area contributed by atoms with Crippen LogP contribution in [0.25, 0.3) is 0 Å². The van der Waals surface area contributed by atoms with E-state index in [0.29, 0.717) is 13.0 Å². The predicted molar refractivity (Wildman–Crippen MR) is 115 cm³/mol. The van der Waals surface area contributed by atoms with E-state index in [9.17, 15) is 9.59 Å². The first-order valence-electron chi connectivity index (χ1n) is 11.0. The number of carbonyl (C=O) groups is 2. The fraction of sp³-hybridized carbons (Fsp3) is 0.909. The number of rotatable bonds is 18. The zero-order chi connectivity index (χ0) is 20.8. The van der Waals surface area contributed by atoms with Crippen molar-refractivity contribution < 1.29 is 14.7 Å². The minimum absolute atomic E-state index is 0.287. The number of likely N-dealkylation sites (N-methyl/N-ethyl adjacent to an activating group) is 1. The number of nitrogens with zero attached hydrogens (tertiary/aromatic N) is 1. The smallest absolute Gasteiger partial charge is 0.303 e. The Hall–Kier alpha value is -1.10. The average Bonchev–Trinajstić information content (AvgIpc) is 2.57. The molecule has 0 aromatic carbocycles. The summed E-state index contributed by atoms with van der Waals surface area (Å²) in [5.41, 5.74) is 4.81. The van der Waals surface area contributed by atoms with Gasteiger partial charge in [0.2, 0.25) is 5.91 Å². The highest BCUT2D eigenvalue weighted by Crippen LogP contribution is 2.13. The Labute approximate surface area is 168 Å². The Morgan fingerprint density at radius 1 is 0.704 bits per heavy atom. The van der Waals surface area contributed by atoms with Gasteiger partial charge in [0, 0.05) is 6.42 Å². The Bertz CT molecular complexity index is 334. The van der Waals surface area contributed by atoms with Gasteiger partial charge in [-0.1, -0.05) is 96.8 Å². The number of unbranched alkanes of at least 4 members (excludes halogenated alkanes) is 14. The normalized spacial score (nSPS) is 10.5. The molecule has 0 atom stereocenters. The van der Waals surface area contributed by atoms with Gasteiger partial charge in [-0.05, 0) is 20.5 Å². The molecule has 162 valence electrons. The molecule has 0 rings (SSSR count). The summed E-state index contributed by atoms with van der Waals surface area (Å²) in [6, 6.07) is 0. The van der Waals surface area contributed by atoms with Crippen molar-refractivity contribution in [3.05, 3.63) is 0 Å². The van der Waals surface area contributed by atoms with E-state index in [4.69, 9.17) is 10.8 Å². The van der Waals surface area contributed by atoms with Crippen LogP contribution in [-0.2, 0) is 9.59 Å². The Morgan fingerprint density at radius 3 is 1.26 bits per heavy atom. The van der Waals surface area contributed by atoms with Gasteiger partial charge in [-0.25, -0.2) is 0 Å². The summed E-state index contributed by atoms with van der Waals surface area (Å²) >= 11 is 0. The number of primary amides is 1. The molecule has 1 amide bonds. The lowest BCUT2D eigenvalue weighted by Gasteiger charge is -2.03. The van der Waals surface area contributed by atoms with E-state index in [1.807, 2.05) is 0 Å². The lowest BCUT2D eigenvalue weighted by molar-refractivity contribution is -0.137. The zero-order valence-electron chi connectivity index (χ0n) is 18.3. The largest absolute Gasteiger partial charge is 0.481 e. The molecule has 0 aliphatic heterocycles. The number of carbonyl (C=O) groups excluding carboxylic acids is 1. The van der Waals surface area contributed by atoms with Crippen molar-refractivity contribution in [2.75, 3.05) is 20.6 Å². The van der Waals surface area contributed by atoms with Gasteiger partial charge in [0.1, 0.15) is 0 Å². The maximum Gasteiger partial charge on any atom is 0.303 e. The van der Waals surface area contributed by atoms with E-state index in [0.717, 1.165) is 12.8 Å². The lowest BCUT2D eigenvalue weighted by atomic mass is 10.0.